The highest BCUT2D eigenvalue weighted by atomic mass is 32.2. The van der Waals surface area contributed by atoms with Gasteiger partial charge in [0.15, 0.2) is 4.34 Å². The van der Waals surface area contributed by atoms with Crippen LogP contribution in [0.15, 0.2) is 9.85 Å². The van der Waals surface area contributed by atoms with E-state index in [1.807, 2.05) is 0 Å². The van der Waals surface area contributed by atoms with Crippen LogP contribution in [-0.4, -0.2) is 16.0 Å². The minimum atomic E-state index is 1.09. The van der Waals surface area contributed by atoms with Gasteiger partial charge in [-0.15, -0.1) is 10.2 Å². The van der Waals surface area contributed by atoms with Crippen LogP contribution in [0.3, 0.4) is 0 Å². The largest absolute Gasteiger partial charge is 0.174 e. The van der Waals surface area contributed by atoms with Crippen molar-refractivity contribution in [1.82, 2.24) is 10.2 Å². The molecule has 0 aliphatic carbocycles. The highest BCUT2D eigenvalue weighted by Crippen LogP contribution is 2.19. The van der Waals surface area contributed by atoms with Crippen molar-refractivity contribution in [3.05, 3.63) is 5.51 Å². The second kappa shape index (κ2) is 4.68. The highest BCUT2D eigenvalue weighted by Gasteiger charge is 1.94. The molecule has 0 bridgehead atoms. The Hall–Kier alpha value is -0.0900. The molecule has 0 spiro atoms. The van der Waals surface area contributed by atoms with Gasteiger partial charge in [-0.2, -0.15) is 0 Å². The van der Waals surface area contributed by atoms with E-state index in [2.05, 4.69) is 17.1 Å². The van der Waals surface area contributed by atoms with Gasteiger partial charge in [-0.3, -0.25) is 0 Å². The minimum Gasteiger partial charge on any atom is -0.146 e. The van der Waals surface area contributed by atoms with Gasteiger partial charge in [-0.1, -0.05) is 36.4 Å². The van der Waals surface area contributed by atoms with E-state index in [4.69, 9.17) is 0 Å². The van der Waals surface area contributed by atoms with Crippen molar-refractivity contribution in [3.63, 3.8) is 0 Å². The molecule has 0 aliphatic heterocycles. The van der Waals surface area contributed by atoms with Crippen molar-refractivity contribution in [2.75, 3.05) is 5.75 Å². The Morgan fingerprint density at radius 3 is 3.20 bits per heavy atom. The highest BCUT2D eigenvalue weighted by molar-refractivity contribution is 8.00. The molecule has 1 rings (SSSR count). The molecule has 0 atom stereocenters. The second-order valence-electron chi connectivity index (χ2n) is 1.91. The zero-order valence-electron chi connectivity index (χ0n) is 5.91. The summed E-state index contributed by atoms with van der Waals surface area (Å²) in [5.74, 6) is 1.17. The molecule has 0 unspecified atom stereocenters. The van der Waals surface area contributed by atoms with E-state index in [1.165, 1.54) is 18.6 Å². The molecular formula is C6H10N2S2. The quantitative estimate of drug-likeness (QED) is 0.518. The summed E-state index contributed by atoms with van der Waals surface area (Å²) in [5, 5.41) is 7.67. The molecule has 0 saturated heterocycles. The zero-order valence-corrected chi connectivity index (χ0v) is 7.54. The maximum atomic E-state index is 3.92. The van der Waals surface area contributed by atoms with Crippen LogP contribution in [0, 0.1) is 0 Å². The maximum Gasteiger partial charge on any atom is 0.174 e. The number of nitrogens with zero attached hydrogens (tertiary/aromatic N) is 2. The van der Waals surface area contributed by atoms with Crippen LogP contribution in [-0.2, 0) is 0 Å². The summed E-state index contributed by atoms with van der Waals surface area (Å²) in [4.78, 5) is 0. The third kappa shape index (κ3) is 2.66. The molecule has 1 aromatic heterocycles. The van der Waals surface area contributed by atoms with Crippen LogP contribution in [0.25, 0.3) is 0 Å². The van der Waals surface area contributed by atoms with E-state index < -0.39 is 0 Å². The number of aromatic nitrogens is 2. The maximum absolute atomic E-state index is 3.92. The van der Waals surface area contributed by atoms with E-state index in [0.29, 0.717) is 0 Å². The monoisotopic (exact) mass is 174 g/mol. The van der Waals surface area contributed by atoms with Crippen molar-refractivity contribution in [2.45, 2.75) is 24.1 Å². The summed E-state index contributed by atoms with van der Waals surface area (Å²) < 4.78 is 1.09. The van der Waals surface area contributed by atoms with Gasteiger partial charge in [-0.05, 0) is 6.42 Å². The first-order chi connectivity index (χ1) is 4.93. The normalized spacial score (nSPS) is 10.1. The van der Waals surface area contributed by atoms with E-state index >= 15 is 0 Å². The Kier molecular flexibility index (Phi) is 3.75. The Morgan fingerprint density at radius 1 is 1.70 bits per heavy atom. The average molecular weight is 174 g/mol. The number of hydrogen-bond donors (Lipinski definition) is 0. The number of unbranched alkanes of at least 4 members (excludes halogenated alkanes) is 1. The van der Waals surface area contributed by atoms with E-state index in [9.17, 15) is 0 Å². The average Bonchev–Trinajstić information content (AvgIpc) is 2.41. The third-order valence-corrected chi connectivity index (χ3v) is 3.01. The van der Waals surface area contributed by atoms with Gasteiger partial charge in [0.05, 0.1) is 0 Å². The Morgan fingerprint density at radius 2 is 2.60 bits per heavy atom. The van der Waals surface area contributed by atoms with Gasteiger partial charge in [0.2, 0.25) is 0 Å². The lowest BCUT2D eigenvalue weighted by Crippen LogP contribution is -1.76. The van der Waals surface area contributed by atoms with Crippen LogP contribution in [0.5, 0.6) is 0 Å². The number of thioether (sulfide) groups is 1. The Balaban J connectivity index is 2.15. The second-order valence-corrected chi connectivity index (χ2v) is 4.08. The molecule has 56 valence electrons. The molecule has 0 saturated carbocycles. The fourth-order valence-electron chi connectivity index (χ4n) is 0.530. The molecule has 0 amide bonds. The zero-order chi connectivity index (χ0) is 7.23. The van der Waals surface area contributed by atoms with Crippen molar-refractivity contribution in [1.29, 1.82) is 0 Å². The van der Waals surface area contributed by atoms with Crippen molar-refractivity contribution in [3.8, 4) is 0 Å². The molecule has 0 N–H and O–H groups in total. The predicted octanol–water partition coefficient (Wildman–Crippen LogP) is 2.43. The van der Waals surface area contributed by atoms with Crippen LogP contribution in [0.1, 0.15) is 19.8 Å². The van der Waals surface area contributed by atoms with Gasteiger partial charge < -0.3 is 0 Å². The predicted molar refractivity (Wildman–Crippen MR) is 45.5 cm³/mol. The lowest BCUT2D eigenvalue weighted by atomic mass is 10.4. The summed E-state index contributed by atoms with van der Waals surface area (Å²) in [6.45, 7) is 2.20. The van der Waals surface area contributed by atoms with Gasteiger partial charge in [0.25, 0.3) is 0 Å². The third-order valence-electron chi connectivity index (χ3n) is 1.06. The topological polar surface area (TPSA) is 25.8 Å². The lowest BCUT2D eigenvalue weighted by Gasteiger charge is -1.91. The van der Waals surface area contributed by atoms with Crippen LogP contribution < -0.4 is 0 Å². The summed E-state index contributed by atoms with van der Waals surface area (Å²) in [7, 11) is 0. The van der Waals surface area contributed by atoms with E-state index in [1.54, 1.807) is 28.6 Å². The first kappa shape index (κ1) is 8.01. The molecule has 0 fully saturated rings. The summed E-state index contributed by atoms with van der Waals surface area (Å²) >= 11 is 3.41. The fraction of sp³-hybridized carbons (Fsp3) is 0.667. The smallest absolute Gasteiger partial charge is 0.146 e. The fourth-order valence-corrected chi connectivity index (χ4v) is 2.17. The molecule has 10 heavy (non-hydrogen) atoms. The van der Waals surface area contributed by atoms with Gasteiger partial charge in [0, 0.05) is 5.75 Å². The molecule has 0 aliphatic rings. The molecule has 0 aromatic carbocycles. The standard InChI is InChI=1S/C6H10N2S2/c1-2-3-4-9-6-8-7-5-10-6/h5H,2-4H2,1H3. The van der Waals surface area contributed by atoms with Crippen molar-refractivity contribution >= 4 is 23.1 Å². The molecule has 1 heterocycles. The SMILES string of the molecule is CCCCSc1nncs1. The first-order valence-corrected chi connectivity index (χ1v) is 5.19. The van der Waals surface area contributed by atoms with E-state index in [0.717, 1.165) is 4.34 Å². The molecular weight excluding hydrogens is 164 g/mol. The molecule has 4 heteroatoms. The van der Waals surface area contributed by atoms with Crippen molar-refractivity contribution < 1.29 is 0 Å². The first-order valence-electron chi connectivity index (χ1n) is 3.32. The Bertz CT molecular complexity index is 162. The lowest BCUT2D eigenvalue weighted by molar-refractivity contribution is 0.894. The molecule has 1 aromatic rings. The number of hydrogen-bond acceptors (Lipinski definition) is 4. The summed E-state index contributed by atoms with van der Waals surface area (Å²) in [5.41, 5.74) is 1.77. The number of rotatable bonds is 4. The summed E-state index contributed by atoms with van der Waals surface area (Å²) in [6, 6.07) is 0. The van der Waals surface area contributed by atoms with Crippen molar-refractivity contribution in [2.24, 2.45) is 0 Å². The Labute approximate surface area is 69.1 Å². The van der Waals surface area contributed by atoms with Crippen LogP contribution >= 0.6 is 23.1 Å². The molecule has 2 nitrogen and oxygen atoms in total. The van der Waals surface area contributed by atoms with Gasteiger partial charge >= 0.3 is 0 Å². The van der Waals surface area contributed by atoms with Gasteiger partial charge in [-0.25, -0.2) is 0 Å². The summed E-state index contributed by atoms with van der Waals surface area (Å²) in [6.07, 6.45) is 2.52. The van der Waals surface area contributed by atoms with Crippen LogP contribution in [0.4, 0.5) is 0 Å². The van der Waals surface area contributed by atoms with Crippen LogP contribution in [0.2, 0.25) is 0 Å². The van der Waals surface area contributed by atoms with Gasteiger partial charge in [0.1, 0.15) is 5.51 Å². The minimum absolute atomic E-state index is 1.09. The van der Waals surface area contributed by atoms with E-state index in [-0.39, 0.29) is 0 Å². The molecule has 0 radical (unpaired) electrons.